The van der Waals surface area contributed by atoms with Gasteiger partial charge in [0, 0.05) is 42.3 Å². The summed E-state index contributed by atoms with van der Waals surface area (Å²) in [6, 6.07) is 3.57. The first kappa shape index (κ1) is 22.7. The molecule has 3 amide bonds. The molecular formula is C22H31BrN4O3. The maximum atomic E-state index is 13.2. The molecule has 2 atom stereocenters. The lowest BCUT2D eigenvalue weighted by Crippen LogP contribution is -2.51. The average molecular weight is 479 g/mol. The van der Waals surface area contributed by atoms with Crippen LogP contribution in [0.1, 0.15) is 46.5 Å². The van der Waals surface area contributed by atoms with Gasteiger partial charge in [-0.3, -0.25) is 14.4 Å². The number of hydrogen-bond donors (Lipinski definition) is 1. The molecule has 30 heavy (non-hydrogen) atoms. The fourth-order valence-electron chi connectivity index (χ4n) is 4.17. The van der Waals surface area contributed by atoms with Crippen LogP contribution in [0, 0.1) is 17.3 Å². The first-order chi connectivity index (χ1) is 14.1. The molecule has 0 bridgehead atoms. The number of carbonyl (C=O) groups is 3. The van der Waals surface area contributed by atoms with Gasteiger partial charge in [-0.25, -0.2) is 4.98 Å². The number of carbonyl (C=O) groups excluding carboxylic acids is 3. The highest BCUT2D eigenvalue weighted by atomic mass is 79.9. The molecule has 0 spiro atoms. The number of halogens is 1. The molecule has 2 aliphatic rings. The SMILES string of the molecule is CC(C)(C)C(=O)N1CCCC(C(=O)N2CCCC(C(=O)Nc3ccc(Br)cn3)C2)C1. The van der Waals surface area contributed by atoms with E-state index in [1.54, 1.807) is 12.3 Å². The summed E-state index contributed by atoms with van der Waals surface area (Å²) >= 11 is 3.33. The number of nitrogens with zero attached hydrogens (tertiary/aromatic N) is 3. The molecule has 164 valence electrons. The van der Waals surface area contributed by atoms with E-state index in [1.807, 2.05) is 36.6 Å². The minimum atomic E-state index is -0.444. The third-order valence-corrected chi connectivity index (χ3v) is 6.25. The lowest BCUT2D eigenvalue weighted by Gasteiger charge is -2.39. The monoisotopic (exact) mass is 478 g/mol. The molecule has 1 aromatic rings. The van der Waals surface area contributed by atoms with Gasteiger partial charge < -0.3 is 15.1 Å². The second kappa shape index (κ2) is 9.45. The van der Waals surface area contributed by atoms with Gasteiger partial charge in [0.25, 0.3) is 0 Å². The van der Waals surface area contributed by atoms with Crippen LogP contribution in [-0.2, 0) is 14.4 Å². The van der Waals surface area contributed by atoms with Crippen molar-refractivity contribution >= 4 is 39.5 Å². The summed E-state index contributed by atoms with van der Waals surface area (Å²) in [6.45, 7) is 8.02. The Labute approximate surface area is 186 Å². The summed E-state index contributed by atoms with van der Waals surface area (Å²) in [5.41, 5.74) is -0.444. The molecule has 0 aromatic carbocycles. The Hall–Kier alpha value is -1.96. The van der Waals surface area contributed by atoms with Crippen LogP contribution >= 0.6 is 15.9 Å². The molecule has 2 fully saturated rings. The highest BCUT2D eigenvalue weighted by Crippen LogP contribution is 2.27. The second-order valence-electron chi connectivity index (χ2n) is 9.31. The third kappa shape index (κ3) is 5.59. The zero-order valence-electron chi connectivity index (χ0n) is 18.0. The number of aromatic nitrogens is 1. The van der Waals surface area contributed by atoms with Crippen LogP contribution in [0.5, 0.6) is 0 Å². The summed E-state index contributed by atoms with van der Waals surface area (Å²) in [7, 11) is 0. The van der Waals surface area contributed by atoms with Gasteiger partial charge in [-0.05, 0) is 53.7 Å². The van der Waals surface area contributed by atoms with Crippen molar-refractivity contribution < 1.29 is 14.4 Å². The number of amides is 3. The number of rotatable bonds is 3. The molecule has 0 aliphatic carbocycles. The van der Waals surface area contributed by atoms with Gasteiger partial charge in [0.2, 0.25) is 17.7 Å². The lowest BCUT2D eigenvalue weighted by atomic mass is 9.89. The van der Waals surface area contributed by atoms with E-state index in [0.29, 0.717) is 32.0 Å². The Balaban J connectivity index is 1.59. The first-order valence-electron chi connectivity index (χ1n) is 10.7. The van der Waals surface area contributed by atoms with Gasteiger partial charge in [-0.2, -0.15) is 0 Å². The van der Waals surface area contributed by atoms with Crippen molar-refractivity contribution in [3.63, 3.8) is 0 Å². The number of hydrogen-bond acceptors (Lipinski definition) is 4. The van der Waals surface area contributed by atoms with E-state index in [1.165, 1.54) is 0 Å². The fourth-order valence-corrected chi connectivity index (χ4v) is 4.40. The minimum Gasteiger partial charge on any atom is -0.342 e. The maximum Gasteiger partial charge on any atom is 0.230 e. The minimum absolute atomic E-state index is 0.0701. The fraction of sp³-hybridized carbons (Fsp3) is 0.636. The van der Waals surface area contributed by atoms with E-state index in [0.717, 1.165) is 30.2 Å². The molecule has 2 aliphatic heterocycles. The van der Waals surface area contributed by atoms with Crippen LogP contribution in [-0.4, -0.2) is 58.7 Å². The number of likely N-dealkylation sites (tertiary alicyclic amines) is 2. The molecule has 2 unspecified atom stereocenters. The summed E-state index contributed by atoms with van der Waals surface area (Å²) in [6.07, 6.45) is 4.83. The first-order valence-corrected chi connectivity index (χ1v) is 11.4. The number of pyridine rings is 1. The maximum absolute atomic E-state index is 13.2. The molecule has 0 saturated carbocycles. The van der Waals surface area contributed by atoms with E-state index < -0.39 is 5.41 Å². The van der Waals surface area contributed by atoms with Gasteiger partial charge in [0.05, 0.1) is 11.8 Å². The van der Waals surface area contributed by atoms with E-state index in [-0.39, 0.29) is 29.6 Å². The molecule has 3 heterocycles. The predicted molar refractivity (Wildman–Crippen MR) is 119 cm³/mol. The van der Waals surface area contributed by atoms with Crippen molar-refractivity contribution in [1.29, 1.82) is 0 Å². The topological polar surface area (TPSA) is 82.6 Å². The van der Waals surface area contributed by atoms with Crippen molar-refractivity contribution in [3.05, 3.63) is 22.8 Å². The third-order valence-electron chi connectivity index (χ3n) is 5.78. The molecular weight excluding hydrogens is 448 g/mol. The number of anilines is 1. The Morgan fingerprint density at radius 1 is 1.03 bits per heavy atom. The quantitative estimate of drug-likeness (QED) is 0.722. The van der Waals surface area contributed by atoms with E-state index in [4.69, 9.17) is 0 Å². The van der Waals surface area contributed by atoms with Crippen molar-refractivity contribution in [2.45, 2.75) is 46.5 Å². The Morgan fingerprint density at radius 3 is 2.30 bits per heavy atom. The Bertz CT molecular complexity index is 791. The molecule has 3 rings (SSSR count). The summed E-state index contributed by atoms with van der Waals surface area (Å²) in [5.74, 6) is 0.147. The van der Waals surface area contributed by atoms with Crippen LogP contribution in [0.3, 0.4) is 0 Å². The summed E-state index contributed by atoms with van der Waals surface area (Å²) in [4.78, 5) is 46.3. The van der Waals surface area contributed by atoms with Crippen molar-refractivity contribution in [3.8, 4) is 0 Å². The van der Waals surface area contributed by atoms with Crippen LogP contribution in [0.25, 0.3) is 0 Å². The van der Waals surface area contributed by atoms with Crippen molar-refractivity contribution in [2.75, 3.05) is 31.5 Å². The molecule has 1 N–H and O–H groups in total. The van der Waals surface area contributed by atoms with Crippen LogP contribution in [0.2, 0.25) is 0 Å². The van der Waals surface area contributed by atoms with Gasteiger partial charge in [-0.1, -0.05) is 20.8 Å². The van der Waals surface area contributed by atoms with Gasteiger partial charge in [-0.15, -0.1) is 0 Å². The average Bonchev–Trinajstić information content (AvgIpc) is 2.73. The smallest absolute Gasteiger partial charge is 0.230 e. The normalized spacial score (nSPS) is 22.5. The predicted octanol–water partition coefficient (Wildman–Crippen LogP) is 3.31. The largest absolute Gasteiger partial charge is 0.342 e. The van der Waals surface area contributed by atoms with Gasteiger partial charge in [0.15, 0.2) is 0 Å². The van der Waals surface area contributed by atoms with Crippen molar-refractivity contribution in [2.24, 2.45) is 17.3 Å². The van der Waals surface area contributed by atoms with E-state index in [2.05, 4.69) is 26.2 Å². The zero-order chi connectivity index (χ0) is 21.9. The summed E-state index contributed by atoms with van der Waals surface area (Å²) < 4.78 is 0.849. The molecule has 2 saturated heterocycles. The lowest BCUT2D eigenvalue weighted by molar-refractivity contribution is -0.146. The Morgan fingerprint density at radius 2 is 1.67 bits per heavy atom. The summed E-state index contributed by atoms with van der Waals surface area (Å²) in [5, 5.41) is 2.85. The standard InChI is InChI=1S/C22H31BrN4O3/c1-22(2,3)21(30)27-11-5-7-16(14-27)20(29)26-10-4-6-15(13-26)19(28)25-18-9-8-17(23)12-24-18/h8-9,12,15-16H,4-7,10-11,13-14H2,1-3H3,(H,24,25,28). The molecule has 1 aromatic heterocycles. The molecule has 8 heteroatoms. The Kier molecular flexibility index (Phi) is 7.16. The van der Waals surface area contributed by atoms with Crippen LogP contribution in [0.15, 0.2) is 22.8 Å². The van der Waals surface area contributed by atoms with Crippen LogP contribution in [0.4, 0.5) is 5.82 Å². The molecule has 7 nitrogen and oxygen atoms in total. The number of piperidine rings is 2. The zero-order valence-corrected chi connectivity index (χ0v) is 19.6. The van der Waals surface area contributed by atoms with Crippen LogP contribution < -0.4 is 5.32 Å². The van der Waals surface area contributed by atoms with Gasteiger partial charge in [0.1, 0.15) is 5.82 Å². The highest BCUT2D eigenvalue weighted by molar-refractivity contribution is 9.10. The van der Waals surface area contributed by atoms with E-state index in [9.17, 15) is 14.4 Å². The van der Waals surface area contributed by atoms with Gasteiger partial charge >= 0.3 is 0 Å². The van der Waals surface area contributed by atoms with E-state index >= 15 is 0 Å². The van der Waals surface area contributed by atoms with Crippen molar-refractivity contribution in [1.82, 2.24) is 14.8 Å². The second-order valence-corrected chi connectivity index (χ2v) is 10.2. The number of nitrogens with one attached hydrogen (secondary N) is 1. The molecule has 0 radical (unpaired) electrons. The highest BCUT2D eigenvalue weighted by Gasteiger charge is 2.37.